The average molecular weight is 203 g/mol. The van der Waals surface area contributed by atoms with Crippen LogP contribution in [0.15, 0.2) is 36.9 Å². The summed E-state index contributed by atoms with van der Waals surface area (Å²) in [4.78, 5) is 0. The monoisotopic (exact) mass is 203 g/mol. The first-order valence-corrected chi connectivity index (χ1v) is 4.87. The van der Waals surface area contributed by atoms with Crippen molar-refractivity contribution in [2.45, 2.75) is 20.0 Å². The molecule has 0 aliphatic carbocycles. The van der Waals surface area contributed by atoms with E-state index in [-0.39, 0.29) is 6.10 Å². The molecule has 0 unspecified atom stereocenters. The van der Waals surface area contributed by atoms with Gasteiger partial charge in [0.05, 0.1) is 11.8 Å². The van der Waals surface area contributed by atoms with Crippen molar-refractivity contribution in [3.8, 4) is 11.4 Å². The van der Waals surface area contributed by atoms with E-state index in [9.17, 15) is 0 Å². The van der Waals surface area contributed by atoms with Crippen LogP contribution in [0.2, 0.25) is 0 Å². The Bertz CT molecular complexity index is 423. The first-order valence-electron chi connectivity index (χ1n) is 4.87. The van der Waals surface area contributed by atoms with Crippen LogP contribution in [0.25, 0.3) is 5.69 Å². The van der Waals surface area contributed by atoms with E-state index in [2.05, 4.69) is 10.2 Å². The van der Waals surface area contributed by atoms with E-state index >= 15 is 0 Å². The van der Waals surface area contributed by atoms with Gasteiger partial charge in [-0.2, -0.15) is 0 Å². The van der Waals surface area contributed by atoms with Gasteiger partial charge in [0.1, 0.15) is 18.4 Å². The maximum Gasteiger partial charge on any atom is 0.123 e. The van der Waals surface area contributed by atoms with E-state index in [1.807, 2.05) is 42.7 Å². The molecule has 4 nitrogen and oxygen atoms in total. The van der Waals surface area contributed by atoms with Crippen LogP contribution in [-0.4, -0.2) is 20.9 Å². The molecule has 2 aromatic rings. The number of ether oxygens (including phenoxy) is 1. The molecule has 4 heteroatoms. The standard InChI is InChI=1S/C11H13N3O/c1-9(2)15-11-5-3-4-10(6-11)14-7-12-13-8-14/h3-9H,1-2H3. The zero-order valence-corrected chi connectivity index (χ0v) is 8.79. The fourth-order valence-corrected chi connectivity index (χ4v) is 1.32. The summed E-state index contributed by atoms with van der Waals surface area (Å²) in [6, 6.07) is 7.83. The van der Waals surface area contributed by atoms with Gasteiger partial charge in [-0.1, -0.05) is 6.07 Å². The molecule has 0 atom stereocenters. The molecule has 0 N–H and O–H groups in total. The minimum Gasteiger partial charge on any atom is -0.491 e. The molecule has 1 heterocycles. The number of benzene rings is 1. The second-order valence-electron chi connectivity index (χ2n) is 3.53. The maximum atomic E-state index is 5.60. The third-order valence-electron chi connectivity index (χ3n) is 1.91. The van der Waals surface area contributed by atoms with Crippen molar-refractivity contribution < 1.29 is 4.74 Å². The Morgan fingerprint density at radius 1 is 1.20 bits per heavy atom. The second-order valence-corrected chi connectivity index (χ2v) is 3.53. The summed E-state index contributed by atoms with van der Waals surface area (Å²) in [5.41, 5.74) is 0.998. The third-order valence-corrected chi connectivity index (χ3v) is 1.91. The quantitative estimate of drug-likeness (QED) is 0.766. The fourth-order valence-electron chi connectivity index (χ4n) is 1.32. The molecule has 78 valence electrons. The van der Waals surface area contributed by atoms with E-state index in [1.165, 1.54) is 0 Å². The SMILES string of the molecule is CC(C)Oc1cccc(-n2cnnc2)c1. The Balaban J connectivity index is 2.27. The summed E-state index contributed by atoms with van der Waals surface area (Å²) in [5.74, 6) is 0.858. The molecule has 1 aromatic heterocycles. The highest BCUT2D eigenvalue weighted by Crippen LogP contribution is 2.17. The molecule has 2 rings (SSSR count). The maximum absolute atomic E-state index is 5.60. The molecule has 0 amide bonds. The summed E-state index contributed by atoms with van der Waals surface area (Å²) in [6.07, 6.45) is 3.50. The van der Waals surface area contributed by atoms with Crippen LogP contribution < -0.4 is 4.74 Å². The smallest absolute Gasteiger partial charge is 0.123 e. The third kappa shape index (κ3) is 2.34. The molecule has 0 saturated heterocycles. The highest BCUT2D eigenvalue weighted by molar-refractivity contribution is 5.38. The molecule has 0 radical (unpaired) electrons. The zero-order valence-electron chi connectivity index (χ0n) is 8.79. The van der Waals surface area contributed by atoms with Crippen molar-refractivity contribution in [1.82, 2.24) is 14.8 Å². The number of hydrogen-bond donors (Lipinski definition) is 0. The summed E-state index contributed by atoms with van der Waals surface area (Å²) in [6.45, 7) is 4.01. The Hall–Kier alpha value is -1.84. The van der Waals surface area contributed by atoms with Gasteiger partial charge in [-0.05, 0) is 26.0 Å². The van der Waals surface area contributed by atoms with Crippen LogP contribution in [-0.2, 0) is 0 Å². The summed E-state index contributed by atoms with van der Waals surface area (Å²) < 4.78 is 7.44. The van der Waals surface area contributed by atoms with Crippen molar-refractivity contribution in [1.29, 1.82) is 0 Å². The van der Waals surface area contributed by atoms with E-state index in [0.717, 1.165) is 11.4 Å². The van der Waals surface area contributed by atoms with E-state index < -0.39 is 0 Å². The highest BCUT2D eigenvalue weighted by Gasteiger charge is 2.00. The minimum absolute atomic E-state index is 0.182. The molecule has 0 aliphatic rings. The molecule has 0 fully saturated rings. The summed E-state index contributed by atoms with van der Waals surface area (Å²) in [5, 5.41) is 7.52. The van der Waals surface area contributed by atoms with Crippen LogP contribution in [0.5, 0.6) is 5.75 Å². The van der Waals surface area contributed by atoms with E-state index in [4.69, 9.17) is 4.74 Å². The molecule has 0 spiro atoms. The molecular formula is C11H13N3O. The lowest BCUT2D eigenvalue weighted by Gasteiger charge is -2.10. The highest BCUT2D eigenvalue weighted by atomic mass is 16.5. The number of hydrogen-bond acceptors (Lipinski definition) is 3. The first kappa shape index (κ1) is 9.71. The van der Waals surface area contributed by atoms with Crippen LogP contribution in [0.4, 0.5) is 0 Å². The van der Waals surface area contributed by atoms with E-state index in [1.54, 1.807) is 12.7 Å². The Kier molecular flexibility index (Phi) is 2.67. The van der Waals surface area contributed by atoms with Crippen LogP contribution in [0.3, 0.4) is 0 Å². The Morgan fingerprint density at radius 3 is 2.60 bits per heavy atom. The molecule has 0 aliphatic heterocycles. The minimum atomic E-state index is 0.182. The van der Waals surface area contributed by atoms with Crippen molar-refractivity contribution >= 4 is 0 Å². The van der Waals surface area contributed by atoms with Crippen LogP contribution in [0, 0.1) is 0 Å². The van der Waals surface area contributed by atoms with Gasteiger partial charge in [0.2, 0.25) is 0 Å². The topological polar surface area (TPSA) is 39.9 Å². The first-order chi connectivity index (χ1) is 7.25. The molecule has 1 aromatic carbocycles. The van der Waals surface area contributed by atoms with Gasteiger partial charge in [-0.25, -0.2) is 0 Å². The van der Waals surface area contributed by atoms with Gasteiger partial charge in [0, 0.05) is 6.07 Å². The van der Waals surface area contributed by atoms with Crippen molar-refractivity contribution in [3.63, 3.8) is 0 Å². The lowest BCUT2D eigenvalue weighted by molar-refractivity contribution is 0.242. The second kappa shape index (κ2) is 4.13. The molecule has 0 saturated carbocycles. The van der Waals surface area contributed by atoms with Crippen LogP contribution in [0.1, 0.15) is 13.8 Å². The Labute approximate surface area is 88.5 Å². The lowest BCUT2D eigenvalue weighted by Crippen LogP contribution is -2.05. The van der Waals surface area contributed by atoms with Crippen molar-refractivity contribution in [2.75, 3.05) is 0 Å². The predicted molar refractivity (Wildman–Crippen MR) is 57.1 cm³/mol. The zero-order chi connectivity index (χ0) is 10.7. The summed E-state index contributed by atoms with van der Waals surface area (Å²) >= 11 is 0. The molecule has 15 heavy (non-hydrogen) atoms. The number of aromatic nitrogens is 3. The van der Waals surface area contributed by atoms with Gasteiger partial charge in [-0.3, -0.25) is 4.57 Å². The molecule has 0 bridgehead atoms. The van der Waals surface area contributed by atoms with E-state index in [0.29, 0.717) is 0 Å². The molecular weight excluding hydrogens is 190 g/mol. The normalized spacial score (nSPS) is 10.6. The number of nitrogens with zero attached hydrogens (tertiary/aromatic N) is 3. The van der Waals surface area contributed by atoms with Gasteiger partial charge >= 0.3 is 0 Å². The predicted octanol–water partition coefficient (Wildman–Crippen LogP) is 2.05. The van der Waals surface area contributed by atoms with Crippen LogP contribution >= 0.6 is 0 Å². The lowest BCUT2D eigenvalue weighted by atomic mass is 10.3. The average Bonchev–Trinajstić information content (AvgIpc) is 2.69. The van der Waals surface area contributed by atoms with Gasteiger partial charge in [0.25, 0.3) is 0 Å². The van der Waals surface area contributed by atoms with Crippen molar-refractivity contribution in [2.24, 2.45) is 0 Å². The Morgan fingerprint density at radius 2 is 1.93 bits per heavy atom. The fraction of sp³-hybridized carbons (Fsp3) is 0.273. The largest absolute Gasteiger partial charge is 0.491 e. The summed E-state index contributed by atoms with van der Waals surface area (Å²) in [7, 11) is 0. The van der Waals surface area contributed by atoms with Crippen molar-refractivity contribution in [3.05, 3.63) is 36.9 Å². The number of rotatable bonds is 3. The van der Waals surface area contributed by atoms with Gasteiger partial charge in [-0.15, -0.1) is 10.2 Å². The van der Waals surface area contributed by atoms with Gasteiger partial charge < -0.3 is 4.74 Å². The van der Waals surface area contributed by atoms with Gasteiger partial charge in [0.15, 0.2) is 0 Å².